The molecular formula is C18H25N3O3S. The van der Waals surface area contributed by atoms with Crippen molar-refractivity contribution < 1.29 is 13.8 Å². The van der Waals surface area contributed by atoms with Crippen molar-refractivity contribution in [1.82, 2.24) is 0 Å². The molecule has 2 aliphatic rings. The molecule has 0 bridgehead atoms. The zero-order chi connectivity index (χ0) is 18.2. The van der Waals surface area contributed by atoms with E-state index in [1.165, 1.54) is 22.3 Å². The van der Waals surface area contributed by atoms with Crippen molar-refractivity contribution in [2.24, 2.45) is 15.5 Å². The van der Waals surface area contributed by atoms with Crippen molar-refractivity contribution in [1.29, 1.82) is 0 Å². The first kappa shape index (κ1) is 17.9. The van der Waals surface area contributed by atoms with Crippen molar-refractivity contribution >= 4 is 28.2 Å². The van der Waals surface area contributed by atoms with Crippen LogP contribution in [0.5, 0.6) is 0 Å². The SMILES string of the molecule is CC(C)(C/[SH](=O)=N/C(=O)Nc1c2c(cc3c1CCC3)CCC2)C(N)=O. The van der Waals surface area contributed by atoms with Crippen molar-refractivity contribution in [3.8, 4) is 0 Å². The second kappa shape index (κ2) is 6.78. The highest BCUT2D eigenvalue weighted by molar-refractivity contribution is 7.75. The number of nitrogens with two attached hydrogens (primary N) is 1. The third kappa shape index (κ3) is 3.71. The van der Waals surface area contributed by atoms with Gasteiger partial charge in [0.2, 0.25) is 5.91 Å². The van der Waals surface area contributed by atoms with Gasteiger partial charge in [0, 0.05) is 22.0 Å². The molecule has 3 N–H and O–H groups in total. The summed E-state index contributed by atoms with van der Waals surface area (Å²) in [4.78, 5) is 23.6. The standard InChI is InChI=1S/C18H25N3O3S/c1-18(2,16(19)22)10-25(24)21-17(23)20-15-13-7-3-5-11(13)9-12-6-4-8-14(12)15/h9,25H,3-8,10H2,1-2H3,(H2,19,22)(H,20,23). The zero-order valence-corrected chi connectivity index (χ0v) is 15.6. The van der Waals surface area contributed by atoms with E-state index in [1.54, 1.807) is 13.8 Å². The average Bonchev–Trinajstić information content (AvgIpc) is 3.14. The summed E-state index contributed by atoms with van der Waals surface area (Å²) in [6.45, 7) is 3.21. The maximum Gasteiger partial charge on any atom is 0.353 e. The van der Waals surface area contributed by atoms with E-state index in [1.807, 2.05) is 0 Å². The number of anilines is 1. The number of urea groups is 1. The normalized spacial score (nSPS) is 17.2. The van der Waals surface area contributed by atoms with E-state index in [0.29, 0.717) is 0 Å². The molecule has 7 heteroatoms. The molecule has 0 aliphatic heterocycles. The van der Waals surface area contributed by atoms with Crippen LogP contribution in [0.25, 0.3) is 0 Å². The van der Waals surface area contributed by atoms with Crippen LogP contribution in [0.2, 0.25) is 0 Å². The summed E-state index contributed by atoms with van der Waals surface area (Å²) in [6, 6.07) is 1.68. The lowest BCUT2D eigenvalue weighted by Gasteiger charge is -2.17. The van der Waals surface area contributed by atoms with Gasteiger partial charge in [-0.25, -0.2) is 4.79 Å². The van der Waals surface area contributed by atoms with Crippen LogP contribution in [-0.2, 0) is 41.1 Å². The Balaban J connectivity index is 1.82. The summed E-state index contributed by atoms with van der Waals surface area (Å²) in [5.41, 5.74) is 10.3. The molecule has 6 nitrogen and oxygen atoms in total. The fraction of sp³-hybridized carbons (Fsp3) is 0.556. The van der Waals surface area contributed by atoms with E-state index in [2.05, 4.69) is 15.7 Å². The number of carbonyl (C=O) groups excluding carboxylic acids is 2. The fourth-order valence-corrected chi connectivity index (χ4v) is 4.81. The second-order valence-electron chi connectivity index (χ2n) is 7.52. The highest BCUT2D eigenvalue weighted by atomic mass is 32.2. The number of nitrogens with zero attached hydrogens (tertiary/aromatic N) is 1. The molecule has 0 saturated carbocycles. The van der Waals surface area contributed by atoms with Gasteiger partial charge in [0.15, 0.2) is 0 Å². The third-order valence-corrected chi connectivity index (χ3v) is 6.57. The van der Waals surface area contributed by atoms with E-state index in [0.717, 1.165) is 44.2 Å². The van der Waals surface area contributed by atoms with E-state index < -0.39 is 27.9 Å². The van der Waals surface area contributed by atoms with Crippen LogP contribution in [0.1, 0.15) is 48.9 Å². The molecular weight excluding hydrogens is 338 g/mol. The molecule has 1 atom stereocenters. The monoisotopic (exact) mass is 363 g/mol. The molecule has 1 aromatic rings. The van der Waals surface area contributed by atoms with Crippen molar-refractivity contribution in [3.05, 3.63) is 28.3 Å². The van der Waals surface area contributed by atoms with Gasteiger partial charge in [-0.2, -0.15) is 0 Å². The van der Waals surface area contributed by atoms with Gasteiger partial charge in [0.1, 0.15) is 0 Å². The zero-order valence-electron chi connectivity index (χ0n) is 14.7. The maximum absolute atomic E-state index is 12.3. The average molecular weight is 363 g/mol. The number of thiol groups is 1. The lowest BCUT2D eigenvalue weighted by atomic mass is 9.96. The number of hydrogen-bond donors (Lipinski definition) is 3. The van der Waals surface area contributed by atoms with Gasteiger partial charge in [-0.1, -0.05) is 19.9 Å². The van der Waals surface area contributed by atoms with Crippen molar-refractivity contribution in [2.75, 3.05) is 11.1 Å². The first-order valence-electron chi connectivity index (χ1n) is 8.71. The third-order valence-electron chi connectivity index (χ3n) is 5.10. The Morgan fingerprint density at radius 3 is 2.24 bits per heavy atom. The van der Waals surface area contributed by atoms with Crippen LogP contribution in [-0.4, -0.2) is 21.9 Å². The van der Waals surface area contributed by atoms with Gasteiger partial charge in [-0.15, -0.1) is 4.36 Å². The van der Waals surface area contributed by atoms with Crippen LogP contribution in [0.15, 0.2) is 10.4 Å². The number of benzene rings is 1. The van der Waals surface area contributed by atoms with Gasteiger partial charge in [-0.05, 0) is 60.8 Å². The first-order chi connectivity index (χ1) is 11.8. The molecule has 0 radical (unpaired) electrons. The van der Waals surface area contributed by atoms with Crippen molar-refractivity contribution in [3.63, 3.8) is 0 Å². The largest absolute Gasteiger partial charge is 0.369 e. The fourth-order valence-electron chi connectivity index (χ4n) is 3.65. The van der Waals surface area contributed by atoms with Gasteiger partial charge < -0.3 is 11.1 Å². The van der Waals surface area contributed by atoms with E-state index in [4.69, 9.17) is 5.73 Å². The molecule has 0 saturated heterocycles. The Bertz CT molecular complexity index is 791. The van der Waals surface area contributed by atoms with E-state index >= 15 is 0 Å². The number of hydrogen-bond acceptors (Lipinski definition) is 3. The minimum atomic E-state index is -2.19. The molecule has 0 heterocycles. The van der Waals surface area contributed by atoms with Gasteiger partial charge in [-0.3, -0.25) is 9.00 Å². The van der Waals surface area contributed by atoms with Gasteiger partial charge in [0.05, 0.1) is 5.41 Å². The summed E-state index contributed by atoms with van der Waals surface area (Å²) >= 11 is 0. The molecule has 0 spiro atoms. The van der Waals surface area contributed by atoms with Crippen LogP contribution in [0.4, 0.5) is 10.5 Å². The van der Waals surface area contributed by atoms with Crippen LogP contribution < -0.4 is 11.1 Å². The van der Waals surface area contributed by atoms with Crippen LogP contribution in [0.3, 0.4) is 0 Å². The molecule has 136 valence electrons. The number of fused-ring (bicyclic) bond motifs is 2. The smallest absolute Gasteiger partial charge is 0.353 e. The molecule has 1 aromatic carbocycles. The first-order valence-corrected chi connectivity index (χ1v) is 10.1. The number of primary amides is 1. The lowest BCUT2D eigenvalue weighted by molar-refractivity contribution is -0.124. The molecule has 0 fully saturated rings. The van der Waals surface area contributed by atoms with Crippen LogP contribution in [0, 0.1) is 5.41 Å². The Kier molecular flexibility index (Phi) is 4.86. The second-order valence-corrected chi connectivity index (χ2v) is 8.74. The van der Waals surface area contributed by atoms with E-state index in [-0.39, 0.29) is 5.75 Å². The molecule has 3 amide bonds. The lowest BCUT2D eigenvalue weighted by Crippen LogP contribution is -2.35. The Morgan fingerprint density at radius 1 is 1.16 bits per heavy atom. The number of aryl methyl sites for hydroxylation is 2. The van der Waals surface area contributed by atoms with Gasteiger partial charge >= 0.3 is 6.03 Å². The topological polar surface area (TPSA) is 102 Å². The van der Waals surface area contributed by atoms with Crippen molar-refractivity contribution in [2.45, 2.75) is 52.4 Å². The van der Waals surface area contributed by atoms with E-state index in [9.17, 15) is 13.8 Å². The quantitative estimate of drug-likeness (QED) is 0.716. The minimum Gasteiger partial charge on any atom is -0.369 e. The van der Waals surface area contributed by atoms with Crippen LogP contribution >= 0.6 is 0 Å². The van der Waals surface area contributed by atoms with Gasteiger partial charge in [0.25, 0.3) is 0 Å². The maximum atomic E-state index is 12.3. The predicted octanol–water partition coefficient (Wildman–Crippen LogP) is 2.37. The Labute approximate surface area is 149 Å². The predicted molar refractivity (Wildman–Crippen MR) is 99.3 cm³/mol. The highest BCUT2D eigenvalue weighted by Crippen LogP contribution is 2.38. The highest BCUT2D eigenvalue weighted by Gasteiger charge is 2.27. The summed E-state index contributed by atoms with van der Waals surface area (Å²) < 4.78 is 15.9. The summed E-state index contributed by atoms with van der Waals surface area (Å²) in [7, 11) is -2.19. The molecule has 3 rings (SSSR count). The minimum absolute atomic E-state index is 0.0317. The molecule has 1 unspecified atom stereocenters. The summed E-state index contributed by atoms with van der Waals surface area (Å²) in [5.74, 6) is -0.582. The molecule has 0 aromatic heterocycles. The number of rotatable bonds is 4. The molecule has 2 aliphatic carbocycles. The number of amides is 3. The molecule has 25 heavy (non-hydrogen) atoms. The Hall–Kier alpha value is -1.89. The Morgan fingerprint density at radius 2 is 1.72 bits per heavy atom. The number of carbonyl (C=O) groups is 2. The number of nitrogens with one attached hydrogen (secondary N) is 1. The summed E-state index contributed by atoms with van der Waals surface area (Å²) in [5, 5.41) is 2.88. The summed E-state index contributed by atoms with van der Waals surface area (Å²) in [6.07, 6.45) is 6.20.